The Morgan fingerprint density at radius 3 is 2.35 bits per heavy atom. The van der Waals surface area contributed by atoms with Gasteiger partial charge in [0.15, 0.2) is 0 Å². The summed E-state index contributed by atoms with van der Waals surface area (Å²) in [6, 6.07) is 4.22. The lowest BCUT2D eigenvalue weighted by Gasteiger charge is -2.07. The predicted octanol–water partition coefficient (Wildman–Crippen LogP) is 3.39. The van der Waals surface area contributed by atoms with Gasteiger partial charge in [0.05, 0.1) is 10.7 Å². The molecule has 0 radical (unpaired) electrons. The van der Waals surface area contributed by atoms with Crippen LogP contribution in [0.2, 0.25) is 5.02 Å². The number of nitrogens with two attached hydrogens (primary N) is 1. The normalized spacial score (nSPS) is 10.3. The molecular weight excluding hydrogens is 250 g/mol. The zero-order valence-corrected chi connectivity index (χ0v) is 9.21. The van der Waals surface area contributed by atoms with Gasteiger partial charge in [-0.05, 0) is 6.07 Å². The molecule has 0 fully saturated rings. The van der Waals surface area contributed by atoms with Crippen LogP contribution in [0.15, 0.2) is 30.5 Å². The SMILES string of the molecule is Nc1cc(Cl)cnc1Oc1cc(F)cc(F)c1. The molecule has 0 saturated carbocycles. The van der Waals surface area contributed by atoms with E-state index in [2.05, 4.69) is 4.98 Å². The molecule has 0 amide bonds. The third-order valence-corrected chi connectivity index (χ3v) is 2.10. The Morgan fingerprint density at radius 2 is 1.76 bits per heavy atom. The van der Waals surface area contributed by atoms with Gasteiger partial charge < -0.3 is 10.5 Å². The zero-order valence-electron chi connectivity index (χ0n) is 8.45. The molecule has 88 valence electrons. The Labute approximate surface area is 101 Å². The molecule has 0 spiro atoms. The van der Waals surface area contributed by atoms with E-state index < -0.39 is 11.6 Å². The number of ether oxygens (including phenoxy) is 1. The average Bonchev–Trinajstić information content (AvgIpc) is 2.21. The van der Waals surface area contributed by atoms with Crippen LogP contribution >= 0.6 is 11.6 Å². The molecule has 17 heavy (non-hydrogen) atoms. The summed E-state index contributed by atoms with van der Waals surface area (Å²) >= 11 is 5.65. The molecule has 0 aliphatic heterocycles. The molecule has 0 unspecified atom stereocenters. The first-order valence-electron chi connectivity index (χ1n) is 4.59. The van der Waals surface area contributed by atoms with Gasteiger partial charge in [-0.1, -0.05) is 11.6 Å². The predicted molar refractivity (Wildman–Crippen MR) is 60.1 cm³/mol. The first-order valence-corrected chi connectivity index (χ1v) is 4.97. The molecule has 0 aliphatic rings. The molecule has 3 nitrogen and oxygen atoms in total. The van der Waals surface area contributed by atoms with E-state index in [-0.39, 0.29) is 17.3 Å². The van der Waals surface area contributed by atoms with Gasteiger partial charge >= 0.3 is 0 Å². The minimum Gasteiger partial charge on any atom is -0.437 e. The molecule has 0 atom stereocenters. The van der Waals surface area contributed by atoms with Crippen molar-refractivity contribution in [2.75, 3.05) is 5.73 Å². The minimum atomic E-state index is -0.743. The number of nitrogen functional groups attached to an aromatic ring is 1. The van der Waals surface area contributed by atoms with E-state index in [1.54, 1.807) is 0 Å². The number of pyridine rings is 1. The fraction of sp³-hybridized carbons (Fsp3) is 0. The standard InChI is InChI=1S/C11H7ClF2N2O/c12-6-1-10(15)11(16-5-6)17-9-3-7(13)2-8(14)4-9/h1-5H,15H2. The number of rotatable bonds is 2. The van der Waals surface area contributed by atoms with Crippen LogP contribution in [0.1, 0.15) is 0 Å². The summed E-state index contributed by atoms with van der Waals surface area (Å²) in [6.45, 7) is 0. The average molecular weight is 257 g/mol. The summed E-state index contributed by atoms with van der Waals surface area (Å²) in [6.07, 6.45) is 1.32. The Balaban J connectivity index is 2.31. The van der Waals surface area contributed by atoms with Crippen molar-refractivity contribution in [1.29, 1.82) is 0 Å². The van der Waals surface area contributed by atoms with E-state index in [9.17, 15) is 8.78 Å². The van der Waals surface area contributed by atoms with Crippen molar-refractivity contribution in [2.45, 2.75) is 0 Å². The van der Waals surface area contributed by atoms with Crippen molar-refractivity contribution in [3.63, 3.8) is 0 Å². The summed E-state index contributed by atoms with van der Waals surface area (Å²) in [7, 11) is 0. The van der Waals surface area contributed by atoms with Gasteiger partial charge in [-0.25, -0.2) is 13.8 Å². The summed E-state index contributed by atoms with van der Waals surface area (Å²) in [5.41, 5.74) is 5.77. The van der Waals surface area contributed by atoms with Gasteiger partial charge in [-0.15, -0.1) is 0 Å². The van der Waals surface area contributed by atoms with Crippen molar-refractivity contribution in [3.05, 3.63) is 47.1 Å². The first kappa shape index (κ1) is 11.6. The van der Waals surface area contributed by atoms with Crippen LogP contribution in [0.3, 0.4) is 0 Å². The molecule has 6 heteroatoms. The number of aromatic nitrogens is 1. The van der Waals surface area contributed by atoms with Crippen molar-refractivity contribution in [1.82, 2.24) is 4.98 Å². The van der Waals surface area contributed by atoms with Crippen LogP contribution in [0.25, 0.3) is 0 Å². The molecule has 0 bridgehead atoms. The third kappa shape index (κ3) is 2.82. The molecule has 1 aromatic carbocycles. The van der Waals surface area contributed by atoms with Crippen molar-refractivity contribution in [2.24, 2.45) is 0 Å². The highest BCUT2D eigenvalue weighted by Gasteiger charge is 2.07. The van der Waals surface area contributed by atoms with Gasteiger partial charge in [-0.2, -0.15) is 0 Å². The summed E-state index contributed by atoms with van der Waals surface area (Å²) in [4.78, 5) is 3.81. The lowest BCUT2D eigenvalue weighted by atomic mass is 10.3. The van der Waals surface area contributed by atoms with E-state index in [0.717, 1.165) is 18.2 Å². The van der Waals surface area contributed by atoms with Gasteiger partial charge in [0.1, 0.15) is 17.4 Å². The van der Waals surface area contributed by atoms with E-state index in [4.69, 9.17) is 22.1 Å². The topological polar surface area (TPSA) is 48.1 Å². The largest absolute Gasteiger partial charge is 0.437 e. The Morgan fingerprint density at radius 1 is 1.12 bits per heavy atom. The minimum absolute atomic E-state index is 0.0241. The molecule has 0 aliphatic carbocycles. The van der Waals surface area contributed by atoms with Crippen LogP contribution in [-0.4, -0.2) is 4.98 Å². The van der Waals surface area contributed by atoms with Gasteiger partial charge in [-0.3, -0.25) is 0 Å². The maximum Gasteiger partial charge on any atom is 0.242 e. The zero-order chi connectivity index (χ0) is 12.4. The van der Waals surface area contributed by atoms with E-state index in [1.165, 1.54) is 12.3 Å². The second kappa shape index (κ2) is 4.55. The highest BCUT2D eigenvalue weighted by molar-refractivity contribution is 6.30. The van der Waals surface area contributed by atoms with Gasteiger partial charge in [0.2, 0.25) is 5.88 Å². The molecule has 2 rings (SSSR count). The monoisotopic (exact) mass is 256 g/mol. The summed E-state index contributed by atoms with van der Waals surface area (Å²) in [5, 5.41) is 0.347. The second-order valence-electron chi connectivity index (χ2n) is 3.26. The number of nitrogens with zero attached hydrogens (tertiary/aromatic N) is 1. The van der Waals surface area contributed by atoms with Gasteiger partial charge in [0, 0.05) is 24.4 Å². The van der Waals surface area contributed by atoms with E-state index >= 15 is 0 Å². The molecular formula is C11H7ClF2N2O. The van der Waals surface area contributed by atoms with Crippen molar-refractivity contribution < 1.29 is 13.5 Å². The second-order valence-corrected chi connectivity index (χ2v) is 3.69. The number of halogens is 3. The van der Waals surface area contributed by atoms with Crippen LogP contribution in [0, 0.1) is 11.6 Å². The molecule has 2 aromatic rings. The van der Waals surface area contributed by atoms with Crippen LogP contribution in [-0.2, 0) is 0 Å². The first-order chi connectivity index (χ1) is 8.04. The highest BCUT2D eigenvalue weighted by Crippen LogP contribution is 2.27. The quantitative estimate of drug-likeness (QED) is 0.896. The lowest BCUT2D eigenvalue weighted by molar-refractivity contribution is 0.454. The highest BCUT2D eigenvalue weighted by atomic mass is 35.5. The maximum absolute atomic E-state index is 12.9. The van der Waals surface area contributed by atoms with Crippen molar-refractivity contribution >= 4 is 17.3 Å². The fourth-order valence-electron chi connectivity index (χ4n) is 1.23. The van der Waals surface area contributed by atoms with E-state index in [0.29, 0.717) is 5.02 Å². The summed E-state index contributed by atoms with van der Waals surface area (Å²) in [5.74, 6) is -1.47. The van der Waals surface area contributed by atoms with Crippen LogP contribution < -0.4 is 10.5 Å². The molecule has 0 saturated heterocycles. The number of hydrogen-bond acceptors (Lipinski definition) is 3. The van der Waals surface area contributed by atoms with Crippen molar-refractivity contribution in [3.8, 4) is 11.6 Å². The Kier molecular flexibility index (Phi) is 3.10. The number of benzene rings is 1. The Hall–Kier alpha value is -1.88. The lowest BCUT2D eigenvalue weighted by Crippen LogP contribution is -1.95. The molecule has 2 N–H and O–H groups in total. The van der Waals surface area contributed by atoms with E-state index in [1.807, 2.05) is 0 Å². The fourth-order valence-corrected chi connectivity index (χ4v) is 1.39. The number of hydrogen-bond donors (Lipinski definition) is 1. The smallest absolute Gasteiger partial charge is 0.242 e. The number of anilines is 1. The molecule has 1 heterocycles. The third-order valence-electron chi connectivity index (χ3n) is 1.90. The van der Waals surface area contributed by atoms with Crippen LogP contribution in [0.5, 0.6) is 11.6 Å². The van der Waals surface area contributed by atoms with Gasteiger partial charge in [0.25, 0.3) is 0 Å². The summed E-state index contributed by atoms with van der Waals surface area (Å²) < 4.78 is 31.0. The molecule has 1 aromatic heterocycles. The Bertz CT molecular complexity index is 543. The van der Waals surface area contributed by atoms with Crippen LogP contribution in [0.4, 0.5) is 14.5 Å². The maximum atomic E-state index is 12.9.